The molecule has 0 saturated carbocycles. The number of aromatic nitrogens is 2. The maximum Gasteiger partial charge on any atom is 0.387 e. The first-order valence-electron chi connectivity index (χ1n) is 7.35. The maximum absolute atomic E-state index is 12.4. The van der Waals surface area contributed by atoms with Crippen molar-refractivity contribution in [3.05, 3.63) is 57.9 Å². The number of nitrogens with one attached hydrogen (secondary N) is 2. The number of H-pyrrole nitrogens is 1. The van der Waals surface area contributed by atoms with Crippen molar-refractivity contribution in [1.29, 1.82) is 0 Å². The number of aryl methyl sites for hydroxylation is 1. The van der Waals surface area contributed by atoms with Gasteiger partial charge in [0, 0.05) is 17.8 Å². The molecule has 0 bridgehead atoms. The minimum atomic E-state index is -3.15. The summed E-state index contributed by atoms with van der Waals surface area (Å²) in [4.78, 5) is 17.7. The van der Waals surface area contributed by atoms with Crippen LogP contribution in [0.1, 0.15) is 11.4 Å². The molecule has 0 aliphatic carbocycles. The number of hydrogen-bond donors (Lipinski definition) is 2. The van der Waals surface area contributed by atoms with Crippen LogP contribution in [-0.2, 0) is 6.54 Å². The number of nitro benzene ring substituents is 1. The normalized spacial score (nSPS) is 11.0. The molecule has 25 heavy (non-hydrogen) atoms. The number of para-hydroxylation sites is 1. The van der Waals surface area contributed by atoms with Crippen molar-refractivity contribution in [2.75, 3.05) is 5.32 Å². The van der Waals surface area contributed by atoms with E-state index in [-0.39, 0.29) is 0 Å². The number of benzene rings is 2. The topological polar surface area (TPSA) is 93.1 Å². The summed E-state index contributed by atoms with van der Waals surface area (Å²) in [5.41, 5.74) is 2.65. The molecule has 0 unspecified atom stereocenters. The Kier molecular flexibility index (Phi) is 4.46. The first-order valence-corrected chi connectivity index (χ1v) is 7.35. The van der Waals surface area contributed by atoms with Crippen LogP contribution in [0.3, 0.4) is 0 Å². The number of ether oxygens (including phenoxy) is 1. The molecule has 0 fully saturated rings. The van der Waals surface area contributed by atoms with E-state index in [0.29, 0.717) is 18.1 Å². The van der Waals surface area contributed by atoms with Crippen LogP contribution in [0, 0.1) is 17.0 Å². The summed E-state index contributed by atoms with van der Waals surface area (Å²) in [6.45, 7) is -0.905. The third-order valence-corrected chi connectivity index (χ3v) is 3.60. The largest absolute Gasteiger partial charge is 0.427 e. The quantitative estimate of drug-likeness (QED) is 0.519. The molecule has 9 heteroatoms. The second-order valence-corrected chi connectivity index (χ2v) is 5.33. The summed E-state index contributed by atoms with van der Waals surface area (Å²) in [6.07, 6.45) is 0. The lowest BCUT2D eigenvalue weighted by molar-refractivity contribution is -0.386. The number of anilines is 1. The van der Waals surface area contributed by atoms with Crippen LogP contribution in [0.2, 0.25) is 0 Å². The molecule has 2 N–H and O–H groups in total. The molecule has 0 spiro atoms. The Labute approximate surface area is 140 Å². The van der Waals surface area contributed by atoms with E-state index in [0.717, 1.165) is 28.7 Å². The van der Waals surface area contributed by atoms with Crippen molar-refractivity contribution in [3.63, 3.8) is 0 Å². The van der Waals surface area contributed by atoms with Crippen LogP contribution >= 0.6 is 0 Å². The van der Waals surface area contributed by atoms with Gasteiger partial charge in [-0.05, 0) is 24.6 Å². The van der Waals surface area contributed by atoms with Crippen LogP contribution < -0.4 is 10.1 Å². The van der Waals surface area contributed by atoms with Crippen molar-refractivity contribution >= 4 is 22.4 Å². The van der Waals surface area contributed by atoms with Crippen LogP contribution in [0.4, 0.5) is 20.2 Å². The number of alkyl halides is 2. The molecule has 0 amide bonds. The fraction of sp³-hybridized carbons (Fsp3) is 0.188. The van der Waals surface area contributed by atoms with Crippen molar-refractivity contribution in [3.8, 4) is 5.75 Å². The van der Waals surface area contributed by atoms with E-state index in [1.807, 2.05) is 25.1 Å². The van der Waals surface area contributed by atoms with Gasteiger partial charge in [-0.3, -0.25) is 10.1 Å². The average molecular weight is 348 g/mol. The minimum Gasteiger partial charge on any atom is -0.427 e. The summed E-state index contributed by atoms with van der Waals surface area (Å²) < 4.78 is 29.1. The van der Waals surface area contributed by atoms with Crippen molar-refractivity contribution in [2.24, 2.45) is 0 Å². The van der Waals surface area contributed by atoms with E-state index in [4.69, 9.17) is 0 Å². The monoisotopic (exact) mass is 348 g/mol. The summed E-state index contributed by atoms with van der Waals surface area (Å²) in [6, 6.07) is 9.46. The van der Waals surface area contributed by atoms with Gasteiger partial charge in [0.15, 0.2) is 0 Å². The molecule has 0 aliphatic rings. The highest BCUT2D eigenvalue weighted by molar-refractivity contribution is 5.78. The highest BCUT2D eigenvalue weighted by atomic mass is 19.3. The number of imidazole rings is 1. The van der Waals surface area contributed by atoms with Gasteiger partial charge in [-0.15, -0.1) is 0 Å². The summed E-state index contributed by atoms with van der Waals surface area (Å²) >= 11 is 0. The Morgan fingerprint density at radius 2 is 2.16 bits per heavy atom. The van der Waals surface area contributed by atoms with E-state index in [2.05, 4.69) is 20.0 Å². The van der Waals surface area contributed by atoms with Gasteiger partial charge in [0.25, 0.3) is 0 Å². The Bertz CT molecular complexity index is 927. The number of nitro groups is 1. The second-order valence-electron chi connectivity index (χ2n) is 5.33. The SMILES string of the molecule is Cc1cccc2[nH]c(CNc3ccc([N+](=O)[O-])c(OC(F)F)c3)nc12. The van der Waals surface area contributed by atoms with Gasteiger partial charge < -0.3 is 15.0 Å². The number of nitrogens with zero attached hydrogens (tertiary/aromatic N) is 2. The Morgan fingerprint density at radius 1 is 1.36 bits per heavy atom. The smallest absolute Gasteiger partial charge is 0.387 e. The molecule has 0 aliphatic heterocycles. The van der Waals surface area contributed by atoms with Crippen LogP contribution in [0.25, 0.3) is 11.0 Å². The third-order valence-electron chi connectivity index (χ3n) is 3.60. The van der Waals surface area contributed by atoms with Gasteiger partial charge in [0.05, 0.1) is 22.5 Å². The van der Waals surface area contributed by atoms with Crippen LogP contribution in [0.5, 0.6) is 5.75 Å². The number of halogens is 2. The van der Waals surface area contributed by atoms with Crippen molar-refractivity contribution < 1.29 is 18.4 Å². The van der Waals surface area contributed by atoms with Gasteiger partial charge in [-0.25, -0.2) is 4.98 Å². The second kappa shape index (κ2) is 6.71. The molecule has 7 nitrogen and oxygen atoms in total. The van der Waals surface area contributed by atoms with E-state index in [1.54, 1.807) is 0 Å². The van der Waals surface area contributed by atoms with E-state index >= 15 is 0 Å². The molecular weight excluding hydrogens is 334 g/mol. The van der Waals surface area contributed by atoms with Crippen molar-refractivity contribution in [2.45, 2.75) is 20.1 Å². The maximum atomic E-state index is 12.4. The Morgan fingerprint density at radius 3 is 2.84 bits per heavy atom. The molecule has 0 saturated heterocycles. The first kappa shape index (κ1) is 16.6. The fourth-order valence-electron chi connectivity index (χ4n) is 2.46. The predicted octanol–water partition coefficient (Wildman–Crippen LogP) is 3.99. The molecular formula is C16H14F2N4O3. The van der Waals surface area contributed by atoms with Crippen molar-refractivity contribution in [1.82, 2.24) is 9.97 Å². The van der Waals surface area contributed by atoms with Gasteiger partial charge in [-0.2, -0.15) is 8.78 Å². The summed E-state index contributed by atoms with van der Waals surface area (Å²) in [5, 5.41) is 13.9. The van der Waals surface area contributed by atoms with E-state index in [1.165, 1.54) is 6.07 Å². The number of rotatable bonds is 6. The lowest BCUT2D eigenvalue weighted by Gasteiger charge is -2.09. The molecule has 0 radical (unpaired) electrons. The van der Waals surface area contributed by atoms with Gasteiger partial charge in [0.2, 0.25) is 5.75 Å². The molecule has 130 valence electrons. The van der Waals surface area contributed by atoms with Gasteiger partial charge >= 0.3 is 12.3 Å². The standard InChI is InChI=1S/C16H14F2N4O3/c1-9-3-2-4-11-15(9)21-14(20-11)8-19-10-5-6-12(22(23)24)13(7-10)25-16(17)18/h2-7,16,19H,8H2,1H3,(H,20,21). The highest BCUT2D eigenvalue weighted by Crippen LogP contribution is 2.31. The zero-order valence-corrected chi connectivity index (χ0v) is 13.1. The van der Waals surface area contributed by atoms with Gasteiger partial charge in [0.1, 0.15) is 5.82 Å². The number of hydrogen-bond acceptors (Lipinski definition) is 5. The molecule has 3 rings (SSSR count). The number of aromatic amines is 1. The van der Waals surface area contributed by atoms with Gasteiger partial charge in [-0.1, -0.05) is 12.1 Å². The molecule has 1 aromatic heterocycles. The lowest BCUT2D eigenvalue weighted by Crippen LogP contribution is -2.06. The average Bonchev–Trinajstić information content (AvgIpc) is 2.97. The first-order chi connectivity index (χ1) is 11.9. The number of fused-ring (bicyclic) bond motifs is 1. The predicted molar refractivity (Wildman–Crippen MR) is 87.9 cm³/mol. The zero-order chi connectivity index (χ0) is 18.0. The molecule has 2 aromatic carbocycles. The van der Waals surface area contributed by atoms with Crippen LogP contribution in [-0.4, -0.2) is 21.5 Å². The van der Waals surface area contributed by atoms with E-state index in [9.17, 15) is 18.9 Å². The molecule has 0 atom stereocenters. The van der Waals surface area contributed by atoms with Crippen LogP contribution in [0.15, 0.2) is 36.4 Å². The summed E-state index contributed by atoms with van der Waals surface area (Å²) in [7, 11) is 0. The third kappa shape index (κ3) is 3.65. The lowest BCUT2D eigenvalue weighted by atomic mass is 10.2. The summed E-state index contributed by atoms with van der Waals surface area (Å²) in [5.74, 6) is 0.157. The Hall–Kier alpha value is -3.23. The Balaban J connectivity index is 1.80. The highest BCUT2D eigenvalue weighted by Gasteiger charge is 2.19. The fourth-order valence-corrected chi connectivity index (χ4v) is 2.46. The molecule has 3 aromatic rings. The zero-order valence-electron chi connectivity index (χ0n) is 13.1. The van der Waals surface area contributed by atoms with E-state index < -0.39 is 23.0 Å². The molecule has 1 heterocycles. The minimum absolute atomic E-state index is 0.292.